The lowest BCUT2D eigenvalue weighted by molar-refractivity contribution is -0.344. The number of hydroxylamine groups is 2. The predicted molar refractivity (Wildman–Crippen MR) is 127 cm³/mol. The molecule has 0 aromatic carbocycles. The fourth-order valence-electron chi connectivity index (χ4n) is 3.92. The minimum atomic E-state index is 0.0683. The third kappa shape index (κ3) is 19.3. The maximum atomic E-state index is 12.2. The number of rotatable bonds is 23. The first-order valence-electron chi connectivity index (χ1n) is 12.8. The summed E-state index contributed by atoms with van der Waals surface area (Å²) in [7, 11) is 3.15. The molecule has 1 unspecified atom stereocenters. The SMILES string of the molecule is CCCCCCCCCCCCCCCCCC(=O)NC(CCC)CN(OC)OC. The van der Waals surface area contributed by atoms with Crippen LogP contribution in [-0.2, 0) is 14.5 Å². The highest BCUT2D eigenvalue weighted by molar-refractivity contribution is 5.76. The van der Waals surface area contributed by atoms with E-state index in [2.05, 4.69) is 19.2 Å². The number of unbranched alkanes of at least 4 members (excludes halogenated alkanes) is 14. The highest BCUT2D eigenvalue weighted by Crippen LogP contribution is 2.13. The molecule has 0 spiro atoms. The highest BCUT2D eigenvalue weighted by atomic mass is 16.9. The van der Waals surface area contributed by atoms with Crippen LogP contribution in [0.2, 0.25) is 0 Å². The number of amides is 1. The minimum Gasteiger partial charge on any atom is -0.352 e. The van der Waals surface area contributed by atoms with E-state index in [1.165, 1.54) is 88.7 Å². The molecule has 0 saturated heterocycles. The third-order valence-electron chi connectivity index (χ3n) is 5.79. The molecule has 0 rings (SSSR count). The van der Waals surface area contributed by atoms with Crippen molar-refractivity contribution < 1.29 is 14.5 Å². The highest BCUT2D eigenvalue weighted by Gasteiger charge is 2.15. The van der Waals surface area contributed by atoms with Gasteiger partial charge in [0.05, 0.1) is 20.8 Å². The smallest absolute Gasteiger partial charge is 0.220 e. The van der Waals surface area contributed by atoms with Crippen LogP contribution in [0.4, 0.5) is 0 Å². The van der Waals surface area contributed by atoms with E-state index in [0.717, 1.165) is 25.7 Å². The fourth-order valence-corrected chi connectivity index (χ4v) is 3.92. The second-order valence-corrected chi connectivity index (χ2v) is 8.63. The molecule has 5 heteroatoms. The van der Waals surface area contributed by atoms with Crippen LogP contribution in [0.5, 0.6) is 0 Å². The normalized spacial score (nSPS) is 12.4. The summed E-state index contributed by atoms with van der Waals surface area (Å²) in [5.41, 5.74) is 0. The summed E-state index contributed by atoms with van der Waals surface area (Å²) in [6.07, 6.45) is 22.7. The van der Waals surface area contributed by atoms with E-state index in [-0.39, 0.29) is 11.9 Å². The molecule has 30 heavy (non-hydrogen) atoms. The van der Waals surface area contributed by atoms with Crippen LogP contribution >= 0.6 is 0 Å². The Labute approximate surface area is 187 Å². The standard InChI is InChI=1S/C25H52N2O3/c1-5-7-8-9-10-11-12-13-14-15-16-17-18-19-20-22-25(28)26-24(21-6-2)23-27(29-3)30-4/h24H,5-23H2,1-4H3,(H,26,28). The monoisotopic (exact) mass is 428 g/mol. The van der Waals surface area contributed by atoms with Gasteiger partial charge in [-0.1, -0.05) is 115 Å². The number of carbonyl (C=O) groups is 1. The van der Waals surface area contributed by atoms with Crippen LogP contribution in [0.15, 0.2) is 0 Å². The van der Waals surface area contributed by atoms with Gasteiger partial charge in [0.15, 0.2) is 0 Å². The number of hydrogen-bond acceptors (Lipinski definition) is 4. The summed E-state index contributed by atoms with van der Waals surface area (Å²) >= 11 is 0. The van der Waals surface area contributed by atoms with Gasteiger partial charge in [-0.25, -0.2) is 0 Å². The van der Waals surface area contributed by atoms with E-state index in [0.29, 0.717) is 13.0 Å². The van der Waals surface area contributed by atoms with Gasteiger partial charge in [-0.05, 0) is 12.8 Å². The van der Waals surface area contributed by atoms with Crippen molar-refractivity contribution in [2.45, 2.75) is 135 Å². The largest absolute Gasteiger partial charge is 0.352 e. The van der Waals surface area contributed by atoms with Gasteiger partial charge in [-0.3, -0.25) is 14.5 Å². The number of hydrogen-bond donors (Lipinski definition) is 1. The molecule has 0 aliphatic rings. The molecular weight excluding hydrogens is 376 g/mol. The Bertz CT molecular complexity index is 362. The lowest BCUT2D eigenvalue weighted by Crippen LogP contribution is -2.43. The summed E-state index contributed by atoms with van der Waals surface area (Å²) in [5.74, 6) is 0.148. The molecule has 1 amide bonds. The average molecular weight is 429 g/mol. The lowest BCUT2D eigenvalue weighted by atomic mass is 10.0. The van der Waals surface area contributed by atoms with E-state index in [9.17, 15) is 4.79 Å². The quantitative estimate of drug-likeness (QED) is 0.141. The first-order valence-corrected chi connectivity index (χ1v) is 12.8. The maximum absolute atomic E-state index is 12.2. The van der Waals surface area contributed by atoms with Crippen molar-refractivity contribution in [1.82, 2.24) is 10.5 Å². The van der Waals surface area contributed by atoms with Crippen LogP contribution in [0.3, 0.4) is 0 Å². The van der Waals surface area contributed by atoms with Crippen LogP contribution < -0.4 is 5.32 Å². The van der Waals surface area contributed by atoms with Gasteiger partial charge in [0.25, 0.3) is 0 Å². The predicted octanol–water partition coefficient (Wildman–Crippen LogP) is 6.96. The van der Waals surface area contributed by atoms with Crippen LogP contribution in [0.25, 0.3) is 0 Å². The fraction of sp³-hybridized carbons (Fsp3) is 0.960. The van der Waals surface area contributed by atoms with E-state index in [1.807, 2.05) is 0 Å². The molecule has 0 radical (unpaired) electrons. The van der Waals surface area contributed by atoms with Crippen LogP contribution in [-0.4, -0.2) is 37.9 Å². The van der Waals surface area contributed by atoms with Crippen molar-refractivity contribution in [2.24, 2.45) is 0 Å². The van der Waals surface area contributed by atoms with Crippen molar-refractivity contribution >= 4 is 5.91 Å². The number of nitrogens with zero attached hydrogens (tertiary/aromatic N) is 1. The zero-order chi connectivity index (χ0) is 22.3. The van der Waals surface area contributed by atoms with E-state index < -0.39 is 0 Å². The van der Waals surface area contributed by atoms with Crippen molar-refractivity contribution in [3.8, 4) is 0 Å². The number of nitrogens with one attached hydrogen (secondary N) is 1. The van der Waals surface area contributed by atoms with Gasteiger partial charge in [0.1, 0.15) is 0 Å². The molecule has 0 heterocycles. The van der Waals surface area contributed by atoms with Crippen molar-refractivity contribution in [3.63, 3.8) is 0 Å². The Balaban J connectivity index is 3.50. The first-order chi connectivity index (χ1) is 14.7. The molecule has 0 aromatic heterocycles. The van der Waals surface area contributed by atoms with Crippen LogP contribution in [0, 0.1) is 0 Å². The Morgan fingerprint density at radius 3 is 1.53 bits per heavy atom. The molecule has 0 aliphatic heterocycles. The molecule has 0 saturated carbocycles. The summed E-state index contributed by atoms with van der Waals surface area (Å²) in [5, 5.41) is 4.54. The first kappa shape index (κ1) is 29.4. The van der Waals surface area contributed by atoms with Crippen molar-refractivity contribution in [2.75, 3.05) is 20.8 Å². The third-order valence-corrected chi connectivity index (χ3v) is 5.79. The van der Waals surface area contributed by atoms with Gasteiger partial charge < -0.3 is 5.32 Å². The summed E-state index contributed by atoms with van der Waals surface area (Å²) in [6, 6.07) is 0.0683. The Kier molecular flexibility index (Phi) is 22.5. The van der Waals surface area contributed by atoms with Gasteiger partial charge in [-0.15, -0.1) is 0 Å². The van der Waals surface area contributed by atoms with E-state index in [1.54, 1.807) is 14.2 Å². The Morgan fingerprint density at radius 1 is 0.700 bits per heavy atom. The maximum Gasteiger partial charge on any atom is 0.220 e. The summed E-state index contributed by atoms with van der Waals surface area (Å²) < 4.78 is 0. The van der Waals surface area contributed by atoms with E-state index in [4.69, 9.17) is 9.68 Å². The summed E-state index contributed by atoms with van der Waals surface area (Å²) in [6.45, 7) is 4.95. The minimum absolute atomic E-state index is 0.0683. The molecule has 0 fully saturated rings. The Morgan fingerprint density at radius 2 is 1.13 bits per heavy atom. The van der Waals surface area contributed by atoms with Crippen molar-refractivity contribution in [1.29, 1.82) is 0 Å². The van der Waals surface area contributed by atoms with Gasteiger partial charge in [0, 0.05) is 12.5 Å². The molecule has 5 nitrogen and oxygen atoms in total. The zero-order valence-corrected chi connectivity index (χ0v) is 20.7. The molecular formula is C25H52N2O3. The van der Waals surface area contributed by atoms with E-state index >= 15 is 0 Å². The average Bonchev–Trinajstić information content (AvgIpc) is 2.74. The van der Waals surface area contributed by atoms with Gasteiger partial charge in [0.2, 0.25) is 5.91 Å². The van der Waals surface area contributed by atoms with Gasteiger partial charge >= 0.3 is 0 Å². The summed E-state index contributed by atoms with van der Waals surface area (Å²) in [4.78, 5) is 22.4. The second-order valence-electron chi connectivity index (χ2n) is 8.63. The number of carbonyl (C=O) groups excluding carboxylic acids is 1. The second kappa shape index (κ2) is 23.0. The molecule has 0 aliphatic carbocycles. The molecule has 0 bridgehead atoms. The van der Waals surface area contributed by atoms with Gasteiger partial charge in [-0.2, -0.15) is 0 Å². The van der Waals surface area contributed by atoms with Crippen molar-refractivity contribution in [3.05, 3.63) is 0 Å². The molecule has 0 aromatic rings. The van der Waals surface area contributed by atoms with Crippen LogP contribution in [0.1, 0.15) is 129 Å². The molecule has 180 valence electrons. The molecule has 1 N–H and O–H groups in total. The lowest BCUT2D eigenvalue weighted by Gasteiger charge is -2.24. The topological polar surface area (TPSA) is 50.8 Å². The molecule has 1 atom stereocenters. The Hall–Kier alpha value is -0.650. The zero-order valence-electron chi connectivity index (χ0n) is 20.7.